The number of nitrogens with one attached hydrogen (secondary N) is 1. The number of carbonyl (C=O) groups excluding carboxylic acids is 1. The van der Waals surface area contributed by atoms with E-state index in [4.69, 9.17) is 4.74 Å². The molecule has 1 fully saturated rings. The molecule has 6 heteroatoms. The van der Waals surface area contributed by atoms with Gasteiger partial charge in [0.1, 0.15) is 12.4 Å². The molecular formula is C27H34N4O2. The third-order valence-electron chi connectivity index (χ3n) is 6.25. The van der Waals surface area contributed by atoms with Crippen LogP contribution in [-0.2, 0) is 17.9 Å². The molecule has 1 aliphatic heterocycles. The van der Waals surface area contributed by atoms with Gasteiger partial charge >= 0.3 is 0 Å². The minimum absolute atomic E-state index is 0.00505. The Hall–Kier alpha value is -2.96. The quantitative estimate of drug-likeness (QED) is 0.506. The molecule has 0 aliphatic carbocycles. The van der Waals surface area contributed by atoms with Crippen LogP contribution in [0.3, 0.4) is 0 Å². The molecule has 1 N–H and O–H groups in total. The number of aromatic nitrogens is 1. The molecule has 1 aliphatic rings. The normalized spacial score (nSPS) is 16.8. The average Bonchev–Trinajstić information content (AvgIpc) is 2.82. The molecule has 6 nitrogen and oxygen atoms in total. The molecule has 33 heavy (non-hydrogen) atoms. The maximum absolute atomic E-state index is 12.4. The first-order chi connectivity index (χ1) is 16.1. The summed E-state index contributed by atoms with van der Waals surface area (Å²) in [7, 11) is 4.15. The van der Waals surface area contributed by atoms with E-state index in [9.17, 15) is 4.79 Å². The molecule has 174 valence electrons. The summed E-state index contributed by atoms with van der Waals surface area (Å²) in [5.74, 6) is 0.941. The van der Waals surface area contributed by atoms with Crippen molar-refractivity contribution in [1.82, 2.24) is 20.1 Å². The molecule has 1 amide bonds. The summed E-state index contributed by atoms with van der Waals surface area (Å²) in [6.07, 6.45) is 5.08. The maximum Gasteiger partial charge on any atom is 0.237 e. The third-order valence-corrected chi connectivity index (χ3v) is 6.25. The number of hydrogen-bond donors (Lipinski definition) is 1. The molecule has 1 aromatic heterocycles. The number of piperidine rings is 1. The van der Waals surface area contributed by atoms with Gasteiger partial charge in [0.15, 0.2) is 0 Å². The highest BCUT2D eigenvalue weighted by atomic mass is 16.5. The first-order valence-electron chi connectivity index (χ1n) is 11.8. The molecule has 2 aromatic carbocycles. The predicted octanol–water partition coefficient (Wildman–Crippen LogP) is 3.85. The van der Waals surface area contributed by atoms with Crippen LogP contribution in [0.2, 0.25) is 0 Å². The van der Waals surface area contributed by atoms with Gasteiger partial charge in [0.05, 0.1) is 18.1 Å². The number of hydrogen-bond acceptors (Lipinski definition) is 5. The first-order valence-corrected chi connectivity index (χ1v) is 11.8. The van der Waals surface area contributed by atoms with Gasteiger partial charge in [-0.25, -0.2) is 0 Å². The number of rotatable bonds is 9. The largest absolute Gasteiger partial charge is 0.492 e. The van der Waals surface area contributed by atoms with Gasteiger partial charge in [0.2, 0.25) is 5.91 Å². The number of carbonyl (C=O) groups is 1. The van der Waals surface area contributed by atoms with Crippen molar-refractivity contribution in [1.29, 1.82) is 0 Å². The van der Waals surface area contributed by atoms with E-state index >= 15 is 0 Å². The molecule has 0 bridgehead atoms. The highest BCUT2D eigenvalue weighted by molar-refractivity contribution is 5.82. The van der Waals surface area contributed by atoms with Crippen molar-refractivity contribution in [3.8, 4) is 5.75 Å². The summed E-state index contributed by atoms with van der Waals surface area (Å²) >= 11 is 0. The molecule has 1 unspecified atom stereocenters. The van der Waals surface area contributed by atoms with E-state index in [1.165, 1.54) is 22.9 Å². The first kappa shape index (κ1) is 23.2. The van der Waals surface area contributed by atoms with Crippen molar-refractivity contribution in [2.24, 2.45) is 0 Å². The highest BCUT2D eigenvalue weighted by Crippen LogP contribution is 2.20. The average molecular weight is 447 g/mol. The lowest BCUT2D eigenvalue weighted by atomic mass is 10.0. The van der Waals surface area contributed by atoms with Gasteiger partial charge in [0.25, 0.3) is 0 Å². The van der Waals surface area contributed by atoms with Gasteiger partial charge in [-0.2, -0.15) is 0 Å². The van der Waals surface area contributed by atoms with E-state index in [1.807, 2.05) is 31.4 Å². The van der Waals surface area contributed by atoms with E-state index in [0.29, 0.717) is 13.2 Å². The van der Waals surface area contributed by atoms with E-state index in [0.717, 1.165) is 43.7 Å². The highest BCUT2D eigenvalue weighted by Gasteiger charge is 2.25. The molecule has 0 saturated carbocycles. The Morgan fingerprint density at radius 1 is 1.15 bits per heavy atom. The van der Waals surface area contributed by atoms with Gasteiger partial charge in [0, 0.05) is 24.7 Å². The fourth-order valence-corrected chi connectivity index (χ4v) is 4.55. The fraction of sp³-hybridized carbons (Fsp3) is 0.407. The number of amides is 1. The lowest BCUT2D eigenvalue weighted by molar-refractivity contribution is -0.127. The second-order valence-corrected chi connectivity index (χ2v) is 8.94. The number of likely N-dealkylation sites (N-methyl/N-ethyl adjacent to an activating group) is 1. The minimum Gasteiger partial charge on any atom is -0.492 e. The summed E-state index contributed by atoms with van der Waals surface area (Å²) in [5, 5.41) is 4.19. The van der Waals surface area contributed by atoms with Crippen LogP contribution in [0.4, 0.5) is 0 Å². The molecule has 4 rings (SSSR count). The SMILES string of the molecule is CN(Cc1cccc(OCCNC(=O)C2CCCCN2C)c1)Cc1cccc2cccnc12. The Balaban J connectivity index is 1.26. The van der Waals surface area contributed by atoms with E-state index in [1.54, 1.807) is 0 Å². The number of benzene rings is 2. The van der Waals surface area contributed by atoms with Crippen LogP contribution in [0, 0.1) is 0 Å². The van der Waals surface area contributed by atoms with Crippen molar-refractivity contribution in [3.63, 3.8) is 0 Å². The lowest BCUT2D eigenvalue weighted by Crippen LogP contribution is -2.48. The molecule has 3 aromatic rings. The van der Waals surface area contributed by atoms with Crippen LogP contribution in [0.15, 0.2) is 60.8 Å². The van der Waals surface area contributed by atoms with Gasteiger partial charge in [-0.15, -0.1) is 0 Å². The van der Waals surface area contributed by atoms with Gasteiger partial charge < -0.3 is 10.1 Å². The van der Waals surface area contributed by atoms with Crippen molar-refractivity contribution in [2.45, 2.75) is 38.4 Å². The number of ether oxygens (including phenoxy) is 1. The maximum atomic E-state index is 12.4. The molecule has 0 radical (unpaired) electrons. The van der Waals surface area contributed by atoms with Crippen molar-refractivity contribution in [3.05, 3.63) is 71.9 Å². The zero-order valence-corrected chi connectivity index (χ0v) is 19.7. The fourth-order valence-electron chi connectivity index (χ4n) is 4.55. The summed E-state index contributed by atoms with van der Waals surface area (Å²) < 4.78 is 5.91. The van der Waals surface area contributed by atoms with Gasteiger partial charge in [-0.05, 0) is 62.8 Å². The topological polar surface area (TPSA) is 57.7 Å². The van der Waals surface area contributed by atoms with E-state index < -0.39 is 0 Å². The molecule has 0 spiro atoms. The van der Waals surface area contributed by atoms with Crippen LogP contribution in [-0.4, -0.2) is 60.5 Å². The summed E-state index contributed by atoms with van der Waals surface area (Å²) in [6, 6.07) is 18.6. The second kappa shape index (κ2) is 11.3. The van der Waals surface area contributed by atoms with Crippen LogP contribution >= 0.6 is 0 Å². The Bertz CT molecular complexity index is 1070. The zero-order valence-electron chi connectivity index (χ0n) is 19.7. The van der Waals surface area contributed by atoms with Crippen LogP contribution in [0.25, 0.3) is 10.9 Å². The summed E-state index contributed by atoms with van der Waals surface area (Å²) in [6.45, 7) is 3.60. The van der Waals surface area contributed by atoms with Gasteiger partial charge in [-0.1, -0.05) is 42.8 Å². The number of nitrogens with zero attached hydrogens (tertiary/aromatic N) is 3. The summed E-state index contributed by atoms with van der Waals surface area (Å²) in [4.78, 5) is 21.4. The number of likely N-dealkylation sites (tertiary alicyclic amines) is 1. The van der Waals surface area contributed by atoms with Gasteiger partial charge in [-0.3, -0.25) is 19.6 Å². The van der Waals surface area contributed by atoms with E-state index in [2.05, 4.69) is 63.5 Å². The molecule has 1 atom stereocenters. The van der Waals surface area contributed by atoms with Crippen LogP contribution in [0.1, 0.15) is 30.4 Å². The monoisotopic (exact) mass is 446 g/mol. The van der Waals surface area contributed by atoms with Crippen molar-refractivity contribution in [2.75, 3.05) is 33.8 Å². The predicted molar refractivity (Wildman–Crippen MR) is 132 cm³/mol. The summed E-state index contributed by atoms with van der Waals surface area (Å²) in [5.41, 5.74) is 3.48. The van der Waals surface area contributed by atoms with E-state index in [-0.39, 0.29) is 11.9 Å². The number of fused-ring (bicyclic) bond motifs is 1. The third kappa shape index (κ3) is 6.30. The number of para-hydroxylation sites is 1. The Morgan fingerprint density at radius 2 is 2.00 bits per heavy atom. The standard InChI is InChI=1S/C27H34N4O2/c1-30(20-23-10-6-9-22-11-7-14-28-26(22)23)19-21-8-5-12-24(18-21)33-17-15-29-27(32)25-13-3-4-16-31(25)2/h5-12,14,18,25H,3-4,13,15-17,19-20H2,1-2H3,(H,29,32). The zero-order chi connectivity index (χ0) is 23.0. The van der Waals surface area contributed by atoms with Crippen molar-refractivity contribution < 1.29 is 9.53 Å². The van der Waals surface area contributed by atoms with Crippen LogP contribution in [0.5, 0.6) is 5.75 Å². The van der Waals surface area contributed by atoms with Crippen molar-refractivity contribution >= 4 is 16.8 Å². The van der Waals surface area contributed by atoms with Crippen LogP contribution < -0.4 is 10.1 Å². The molecule has 2 heterocycles. The smallest absolute Gasteiger partial charge is 0.237 e. The Labute approximate surface area is 196 Å². The molecule has 1 saturated heterocycles. The Morgan fingerprint density at radius 3 is 2.88 bits per heavy atom. The molecular weight excluding hydrogens is 412 g/mol. The number of pyridine rings is 1. The Kier molecular flexibility index (Phi) is 7.92. The minimum atomic E-state index is -0.00505. The lowest BCUT2D eigenvalue weighted by Gasteiger charge is -2.31. The second-order valence-electron chi connectivity index (χ2n) is 8.94.